The summed E-state index contributed by atoms with van der Waals surface area (Å²) in [6.07, 6.45) is 32.7. The molecule has 0 heterocycles. The Hall–Kier alpha value is -1.84. The molecule has 0 spiro atoms. The summed E-state index contributed by atoms with van der Waals surface area (Å²) in [7, 11) is 0. The van der Waals surface area contributed by atoms with Crippen molar-refractivity contribution in [1.29, 1.82) is 0 Å². The second kappa shape index (κ2) is 28.4. The maximum Gasteiger partial charge on any atom is 0.0669 e. The van der Waals surface area contributed by atoms with E-state index in [1.54, 1.807) is 0 Å². The Kier molecular flexibility index (Phi) is 26.0. The highest BCUT2D eigenvalue weighted by atomic mass is 14.9. The minimum atomic E-state index is 0.306. The normalized spacial score (nSPS) is 18.5. The van der Waals surface area contributed by atoms with E-state index >= 15 is 0 Å². The van der Waals surface area contributed by atoms with Gasteiger partial charge in [-0.25, -0.2) is 0 Å². The first-order chi connectivity index (χ1) is 21.9. The second-order valence-corrected chi connectivity index (χ2v) is 13.6. The van der Waals surface area contributed by atoms with Crippen LogP contribution in [0.5, 0.6) is 0 Å². The standard InChI is InChI=1S/C24H48N2.C17H26N2/c1-5-19-23(7-3)25-21-17-15-13-11-9-10-12-14-16-18-22-26-24(8-4)20-6-2;1-13-6-4-8-16(10-13)18-12-15(3)19-17-9-5-7-14(2)11-17/h5-22H2,1-4H3;10-11,15H,4-9,12H2,1-3H3. The molecule has 2 rings (SSSR count). The first-order valence-electron chi connectivity index (χ1n) is 19.4. The van der Waals surface area contributed by atoms with Crippen molar-refractivity contribution in [3.63, 3.8) is 0 Å². The van der Waals surface area contributed by atoms with Gasteiger partial charge < -0.3 is 0 Å². The molecule has 0 saturated heterocycles. The number of unbranched alkanes of at least 4 members (excludes halogenated alkanes) is 9. The summed E-state index contributed by atoms with van der Waals surface area (Å²) < 4.78 is 0. The van der Waals surface area contributed by atoms with E-state index in [1.165, 1.54) is 150 Å². The Balaban J connectivity index is 0.000000469. The number of allylic oxidation sites excluding steroid dienone is 4. The van der Waals surface area contributed by atoms with Crippen LogP contribution in [0.15, 0.2) is 43.3 Å². The maximum atomic E-state index is 4.80. The SMILES string of the molecule is CC1=CC(=NCC(C)N=C2C=C(C)CCC2)CCC1.CCCC(CC)=NCCCCCCCCCCCCN=C(CC)CCC. The van der Waals surface area contributed by atoms with Crippen LogP contribution in [0, 0.1) is 0 Å². The van der Waals surface area contributed by atoms with Crippen molar-refractivity contribution in [2.45, 2.75) is 196 Å². The predicted octanol–water partition coefficient (Wildman–Crippen LogP) is 12.7. The van der Waals surface area contributed by atoms with Crippen molar-refractivity contribution >= 4 is 22.8 Å². The van der Waals surface area contributed by atoms with E-state index < -0.39 is 0 Å². The van der Waals surface area contributed by atoms with E-state index in [0.717, 1.165) is 45.3 Å². The third kappa shape index (κ3) is 23.2. The lowest BCUT2D eigenvalue weighted by Crippen LogP contribution is -2.12. The molecule has 45 heavy (non-hydrogen) atoms. The Labute approximate surface area is 281 Å². The second-order valence-electron chi connectivity index (χ2n) is 13.6. The third-order valence-electron chi connectivity index (χ3n) is 8.91. The van der Waals surface area contributed by atoms with Crippen molar-refractivity contribution in [2.24, 2.45) is 20.0 Å². The minimum absolute atomic E-state index is 0.306. The highest BCUT2D eigenvalue weighted by Crippen LogP contribution is 2.17. The van der Waals surface area contributed by atoms with E-state index in [9.17, 15) is 0 Å². The van der Waals surface area contributed by atoms with Gasteiger partial charge in [0, 0.05) is 35.9 Å². The van der Waals surface area contributed by atoms with E-state index in [1.807, 2.05) is 0 Å². The van der Waals surface area contributed by atoms with Gasteiger partial charge in [0.15, 0.2) is 0 Å². The zero-order valence-electron chi connectivity index (χ0n) is 31.2. The minimum Gasteiger partial charge on any atom is -0.294 e. The van der Waals surface area contributed by atoms with Crippen molar-refractivity contribution in [3.05, 3.63) is 23.3 Å². The first-order valence-corrected chi connectivity index (χ1v) is 19.4. The van der Waals surface area contributed by atoms with Crippen LogP contribution in [0.1, 0.15) is 190 Å². The fraction of sp³-hybridized carbons (Fsp3) is 0.805. The lowest BCUT2D eigenvalue weighted by Gasteiger charge is -2.14. The van der Waals surface area contributed by atoms with Crippen molar-refractivity contribution in [2.75, 3.05) is 19.6 Å². The molecule has 1 unspecified atom stereocenters. The Morgan fingerprint density at radius 2 is 1.02 bits per heavy atom. The van der Waals surface area contributed by atoms with E-state index in [2.05, 4.69) is 60.6 Å². The number of nitrogens with zero attached hydrogens (tertiary/aromatic N) is 4. The van der Waals surface area contributed by atoms with Gasteiger partial charge in [0.25, 0.3) is 0 Å². The fourth-order valence-corrected chi connectivity index (χ4v) is 6.18. The number of aliphatic imine (C=N–C) groups is 4. The molecule has 0 saturated carbocycles. The summed E-state index contributed by atoms with van der Waals surface area (Å²) in [4.78, 5) is 19.0. The van der Waals surface area contributed by atoms with Gasteiger partial charge in [0.1, 0.15) is 0 Å². The van der Waals surface area contributed by atoms with Gasteiger partial charge in [-0.1, -0.05) is 103 Å². The van der Waals surface area contributed by atoms with Crippen molar-refractivity contribution in [3.8, 4) is 0 Å². The number of hydrogen-bond acceptors (Lipinski definition) is 4. The molecule has 0 aromatic rings. The summed E-state index contributed by atoms with van der Waals surface area (Å²) in [6.45, 7) is 18.5. The molecular weight excluding hydrogens is 548 g/mol. The monoisotopic (exact) mass is 623 g/mol. The number of rotatable bonds is 22. The van der Waals surface area contributed by atoms with Gasteiger partial charge in [-0.2, -0.15) is 0 Å². The Morgan fingerprint density at radius 1 is 0.600 bits per heavy atom. The molecule has 0 N–H and O–H groups in total. The molecule has 2 aliphatic carbocycles. The molecule has 4 heteroatoms. The molecule has 0 bridgehead atoms. The summed E-state index contributed by atoms with van der Waals surface area (Å²) in [5.74, 6) is 0. The topological polar surface area (TPSA) is 49.4 Å². The van der Waals surface area contributed by atoms with Crippen molar-refractivity contribution in [1.82, 2.24) is 0 Å². The lowest BCUT2D eigenvalue weighted by molar-refractivity contribution is 0.554. The van der Waals surface area contributed by atoms with Crippen LogP contribution >= 0.6 is 0 Å². The van der Waals surface area contributed by atoms with Crippen molar-refractivity contribution < 1.29 is 0 Å². The van der Waals surface area contributed by atoms with Crippen LogP contribution in [0.25, 0.3) is 0 Å². The third-order valence-corrected chi connectivity index (χ3v) is 8.91. The molecular formula is C41H74N4. The zero-order chi connectivity index (χ0) is 33.0. The molecule has 0 amide bonds. The summed E-state index contributed by atoms with van der Waals surface area (Å²) in [5, 5.41) is 0. The van der Waals surface area contributed by atoms with Gasteiger partial charge in [0.2, 0.25) is 0 Å². The zero-order valence-corrected chi connectivity index (χ0v) is 31.2. The first kappa shape index (κ1) is 41.2. The molecule has 1 atom stereocenters. The van der Waals surface area contributed by atoms with Crippen LogP contribution in [0.4, 0.5) is 0 Å². The summed E-state index contributed by atoms with van der Waals surface area (Å²) in [6, 6.07) is 0.306. The fourth-order valence-electron chi connectivity index (χ4n) is 6.18. The van der Waals surface area contributed by atoms with Crippen LogP contribution in [0.2, 0.25) is 0 Å². The van der Waals surface area contributed by atoms with E-state index in [-0.39, 0.29) is 0 Å². The summed E-state index contributed by atoms with van der Waals surface area (Å²) >= 11 is 0. The Morgan fingerprint density at radius 3 is 1.44 bits per heavy atom. The van der Waals surface area contributed by atoms with Crippen LogP contribution < -0.4 is 0 Å². The molecule has 0 fully saturated rings. The highest BCUT2D eigenvalue weighted by Gasteiger charge is 2.09. The predicted molar refractivity (Wildman–Crippen MR) is 206 cm³/mol. The highest BCUT2D eigenvalue weighted by molar-refractivity contribution is 5.97. The van der Waals surface area contributed by atoms with Crippen LogP contribution in [-0.4, -0.2) is 48.5 Å². The quantitative estimate of drug-likeness (QED) is 0.0852. The smallest absolute Gasteiger partial charge is 0.0669 e. The van der Waals surface area contributed by atoms with Gasteiger partial charge >= 0.3 is 0 Å². The van der Waals surface area contributed by atoms with Gasteiger partial charge in [-0.15, -0.1) is 0 Å². The average Bonchev–Trinajstić information content (AvgIpc) is 3.03. The molecule has 0 radical (unpaired) electrons. The number of hydrogen-bond donors (Lipinski definition) is 0. The van der Waals surface area contributed by atoms with E-state index in [4.69, 9.17) is 20.0 Å². The van der Waals surface area contributed by atoms with Gasteiger partial charge in [-0.3, -0.25) is 20.0 Å². The van der Waals surface area contributed by atoms with E-state index in [0.29, 0.717) is 6.04 Å². The average molecular weight is 623 g/mol. The largest absolute Gasteiger partial charge is 0.294 e. The maximum absolute atomic E-state index is 4.80. The van der Waals surface area contributed by atoms with Crippen LogP contribution in [0.3, 0.4) is 0 Å². The summed E-state index contributed by atoms with van der Waals surface area (Å²) in [5.41, 5.74) is 8.33. The van der Waals surface area contributed by atoms with Gasteiger partial charge in [-0.05, 0) is 110 Å². The van der Waals surface area contributed by atoms with Crippen LogP contribution in [-0.2, 0) is 0 Å². The molecule has 0 aromatic heterocycles. The molecule has 0 aromatic carbocycles. The Bertz CT molecular complexity index is 899. The molecule has 0 aliphatic heterocycles. The molecule has 4 nitrogen and oxygen atoms in total. The van der Waals surface area contributed by atoms with Gasteiger partial charge in [0.05, 0.1) is 12.6 Å². The molecule has 2 aliphatic rings. The molecule has 258 valence electrons. The lowest BCUT2D eigenvalue weighted by atomic mass is 9.99.